The monoisotopic (exact) mass is 168 g/mol. The average molecular weight is 168 g/mol. The van der Waals surface area contributed by atoms with Crippen molar-refractivity contribution >= 4 is 11.7 Å². The van der Waals surface area contributed by atoms with Crippen LogP contribution < -0.4 is 16.8 Å². The summed E-state index contributed by atoms with van der Waals surface area (Å²) in [4.78, 5) is 11.0. The zero-order valence-electron chi connectivity index (χ0n) is 6.63. The molecule has 0 aromatic rings. The predicted molar refractivity (Wildman–Crippen MR) is 47.4 cm³/mol. The number of carbonyl (C=O) groups excluding carboxylic acids is 1. The van der Waals surface area contributed by atoms with Gasteiger partial charge in [-0.2, -0.15) is 0 Å². The van der Waals surface area contributed by atoms with Crippen LogP contribution in [-0.2, 0) is 4.79 Å². The molecule has 5 heteroatoms. The van der Waals surface area contributed by atoms with Gasteiger partial charge in [-0.1, -0.05) is 6.08 Å². The zero-order valence-corrected chi connectivity index (χ0v) is 6.63. The molecule has 1 amide bonds. The van der Waals surface area contributed by atoms with Crippen LogP contribution in [0.3, 0.4) is 0 Å². The van der Waals surface area contributed by atoms with E-state index in [4.69, 9.17) is 16.9 Å². The van der Waals surface area contributed by atoms with Gasteiger partial charge in [0, 0.05) is 12.7 Å². The maximum absolute atomic E-state index is 11.0. The second-order valence-electron chi connectivity index (χ2n) is 1.99. The molecule has 0 aliphatic rings. The minimum absolute atomic E-state index is 0.0307. The quantitative estimate of drug-likeness (QED) is 0.188. The maximum Gasteiger partial charge on any atom is 0.256 e. The number of hydrogen-bond acceptors (Lipinski definition) is 3. The van der Waals surface area contributed by atoms with E-state index in [1.54, 1.807) is 0 Å². The van der Waals surface area contributed by atoms with Crippen LogP contribution in [0.1, 0.15) is 0 Å². The molecular formula is C7H12N4O. The third kappa shape index (κ3) is 2.87. The van der Waals surface area contributed by atoms with E-state index in [1.165, 1.54) is 6.08 Å². The summed E-state index contributed by atoms with van der Waals surface area (Å²) in [6.45, 7) is 3.74. The summed E-state index contributed by atoms with van der Waals surface area (Å²) in [5.41, 5.74) is 10.1. The Hall–Kier alpha value is -1.78. The van der Waals surface area contributed by atoms with Gasteiger partial charge in [-0.3, -0.25) is 10.2 Å². The van der Waals surface area contributed by atoms with Crippen LogP contribution >= 0.6 is 0 Å². The molecule has 12 heavy (non-hydrogen) atoms. The van der Waals surface area contributed by atoms with Crippen molar-refractivity contribution < 1.29 is 4.79 Å². The van der Waals surface area contributed by atoms with E-state index >= 15 is 0 Å². The van der Waals surface area contributed by atoms with E-state index in [1.807, 2.05) is 0 Å². The molecule has 0 spiro atoms. The largest absolute Gasteiger partial charge is 0.404 e. The van der Waals surface area contributed by atoms with Crippen LogP contribution in [-0.4, -0.2) is 18.3 Å². The van der Waals surface area contributed by atoms with Crippen molar-refractivity contribution in [1.29, 1.82) is 5.41 Å². The molecular weight excluding hydrogens is 156 g/mol. The molecule has 5 nitrogen and oxygen atoms in total. The summed E-state index contributed by atoms with van der Waals surface area (Å²) in [6.07, 6.45) is 2.52. The fourth-order valence-electron chi connectivity index (χ4n) is 0.548. The van der Waals surface area contributed by atoms with Crippen molar-refractivity contribution in [3.05, 3.63) is 24.4 Å². The van der Waals surface area contributed by atoms with E-state index < -0.39 is 5.91 Å². The molecule has 0 aromatic heterocycles. The van der Waals surface area contributed by atoms with Crippen molar-refractivity contribution in [2.45, 2.75) is 0 Å². The highest BCUT2D eigenvalue weighted by Crippen LogP contribution is 1.89. The lowest BCUT2D eigenvalue weighted by Crippen LogP contribution is -2.31. The Balaban J connectivity index is 4.24. The minimum atomic E-state index is -0.468. The van der Waals surface area contributed by atoms with Gasteiger partial charge in [0.25, 0.3) is 5.91 Å². The first kappa shape index (κ1) is 10.2. The standard InChI is InChI=1S/C7H12N4O/c1-2-3-11-7(12)5(4-8)6(9)10/h2,4H,1,3,8H2,(H3,9,10)(H,11,12)/b5-4+. The van der Waals surface area contributed by atoms with Gasteiger partial charge in [0.1, 0.15) is 5.84 Å². The summed E-state index contributed by atoms with van der Waals surface area (Å²) in [5, 5.41) is 9.40. The average Bonchev–Trinajstić information content (AvgIpc) is 2.01. The third-order valence-corrected chi connectivity index (χ3v) is 1.11. The van der Waals surface area contributed by atoms with E-state index in [-0.39, 0.29) is 11.4 Å². The number of nitrogens with one attached hydrogen (secondary N) is 2. The Morgan fingerprint density at radius 2 is 2.25 bits per heavy atom. The number of nitrogens with two attached hydrogens (primary N) is 2. The van der Waals surface area contributed by atoms with Crippen LogP contribution in [0.25, 0.3) is 0 Å². The Morgan fingerprint density at radius 3 is 2.58 bits per heavy atom. The smallest absolute Gasteiger partial charge is 0.256 e. The number of amides is 1. The fraction of sp³-hybridized carbons (Fsp3) is 0.143. The Kier molecular flexibility index (Phi) is 4.21. The molecule has 6 N–H and O–H groups in total. The third-order valence-electron chi connectivity index (χ3n) is 1.11. The number of amidine groups is 1. The number of carbonyl (C=O) groups is 1. The summed E-state index contributed by atoms with van der Waals surface area (Å²) in [6, 6.07) is 0. The molecule has 0 aliphatic heterocycles. The Bertz CT molecular complexity index is 232. The summed E-state index contributed by atoms with van der Waals surface area (Å²) >= 11 is 0. The maximum atomic E-state index is 11.0. The first-order valence-corrected chi connectivity index (χ1v) is 3.28. The van der Waals surface area contributed by atoms with Gasteiger partial charge >= 0.3 is 0 Å². The lowest BCUT2D eigenvalue weighted by atomic mass is 10.2. The molecule has 0 aliphatic carbocycles. The highest BCUT2D eigenvalue weighted by Gasteiger charge is 2.09. The second kappa shape index (κ2) is 4.95. The van der Waals surface area contributed by atoms with Gasteiger partial charge in [0.15, 0.2) is 0 Å². The SMILES string of the molecule is C=CCNC(=O)/C(=C/N)C(=N)N. The predicted octanol–water partition coefficient (Wildman–Crippen LogP) is -0.933. The van der Waals surface area contributed by atoms with Gasteiger partial charge in [0.2, 0.25) is 0 Å². The van der Waals surface area contributed by atoms with E-state index in [9.17, 15) is 4.79 Å². The van der Waals surface area contributed by atoms with E-state index in [0.29, 0.717) is 6.54 Å². The summed E-state index contributed by atoms with van der Waals surface area (Å²) in [7, 11) is 0. The molecule has 0 fully saturated rings. The first-order chi connectivity index (χ1) is 5.63. The lowest BCUT2D eigenvalue weighted by molar-refractivity contribution is -0.116. The minimum Gasteiger partial charge on any atom is -0.404 e. The molecule has 0 saturated carbocycles. The van der Waals surface area contributed by atoms with Gasteiger partial charge in [-0.05, 0) is 0 Å². The van der Waals surface area contributed by atoms with Crippen LogP contribution in [0.2, 0.25) is 0 Å². The van der Waals surface area contributed by atoms with E-state index in [2.05, 4.69) is 11.9 Å². The van der Waals surface area contributed by atoms with Crippen molar-refractivity contribution in [3.8, 4) is 0 Å². The van der Waals surface area contributed by atoms with Gasteiger partial charge < -0.3 is 16.8 Å². The van der Waals surface area contributed by atoms with Crippen molar-refractivity contribution in [2.24, 2.45) is 11.5 Å². The molecule has 0 rings (SSSR count). The lowest BCUT2D eigenvalue weighted by Gasteiger charge is -2.03. The molecule has 0 saturated heterocycles. The Morgan fingerprint density at radius 1 is 1.67 bits per heavy atom. The van der Waals surface area contributed by atoms with Crippen molar-refractivity contribution in [1.82, 2.24) is 5.32 Å². The molecule has 0 unspecified atom stereocenters. The van der Waals surface area contributed by atoms with Crippen LogP contribution in [0.5, 0.6) is 0 Å². The highest BCUT2D eigenvalue weighted by molar-refractivity contribution is 6.18. The van der Waals surface area contributed by atoms with Gasteiger partial charge in [-0.25, -0.2) is 0 Å². The van der Waals surface area contributed by atoms with Crippen LogP contribution in [0.4, 0.5) is 0 Å². The van der Waals surface area contributed by atoms with Crippen LogP contribution in [0, 0.1) is 5.41 Å². The summed E-state index contributed by atoms with van der Waals surface area (Å²) in [5.74, 6) is -0.816. The zero-order chi connectivity index (χ0) is 9.56. The molecule has 0 aromatic carbocycles. The first-order valence-electron chi connectivity index (χ1n) is 3.28. The molecule has 0 radical (unpaired) electrons. The second-order valence-corrected chi connectivity index (χ2v) is 1.99. The van der Waals surface area contributed by atoms with Crippen LogP contribution in [0.15, 0.2) is 24.4 Å². The van der Waals surface area contributed by atoms with E-state index in [0.717, 1.165) is 6.20 Å². The normalized spacial score (nSPS) is 10.5. The van der Waals surface area contributed by atoms with Gasteiger partial charge in [-0.15, -0.1) is 6.58 Å². The van der Waals surface area contributed by atoms with Crippen molar-refractivity contribution in [3.63, 3.8) is 0 Å². The van der Waals surface area contributed by atoms with Gasteiger partial charge in [0.05, 0.1) is 5.57 Å². The highest BCUT2D eigenvalue weighted by atomic mass is 16.1. The number of hydrogen-bond donors (Lipinski definition) is 4. The molecule has 0 heterocycles. The topological polar surface area (TPSA) is 105 Å². The summed E-state index contributed by atoms with van der Waals surface area (Å²) < 4.78 is 0. The molecule has 0 atom stereocenters. The molecule has 0 bridgehead atoms. The van der Waals surface area contributed by atoms with Crippen molar-refractivity contribution in [2.75, 3.05) is 6.54 Å². The fourth-order valence-corrected chi connectivity index (χ4v) is 0.548. The number of rotatable bonds is 4. The Labute approximate surface area is 70.6 Å². The molecule has 66 valence electrons.